The monoisotopic (exact) mass is 533 g/mol. The van der Waals surface area contributed by atoms with Crippen LogP contribution < -0.4 is 4.90 Å². The first kappa shape index (κ1) is 25.6. The Hall–Kier alpha value is -3.07. The van der Waals surface area contributed by atoms with E-state index in [2.05, 4.69) is 13.0 Å². The van der Waals surface area contributed by atoms with E-state index in [0.29, 0.717) is 30.3 Å². The standard InChI is InChI=1S/C29H31N3O3S2/c1-21-18-22(2)27-26(19-21)30-29(36-27)32(20-23-10-6-5-7-11-23)28(33)24-12-14-25(15-13-24)37(34,35)31-16-8-3-4-9-17-31/h5-7,10-15,18-19H,3-4,8-9,16-17,20H2,1-2H3. The fraction of sp³-hybridized carbons (Fsp3) is 0.310. The first-order chi connectivity index (χ1) is 17.8. The SMILES string of the molecule is Cc1cc(C)c2sc(N(Cc3ccccc3)C(=O)c3ccc(S(=O)(=O)N4CCCCCC4)cc3)nc2c1. The van der Waals surface area contributed by atoms with Crippen LogP contribution >= 0.6 is 11.3 Å². The lowest BCUT2D eigenvalue weighted by atomic mass is 10.1. The summed E-state index contributed by atoms with van der Waals surface area (Å²) in [6.45, 7) is 5.56. The number of carbonyl (C=O) groups is 1. The fourth-order valence-corrected chi connectivity index (χ4v) is 7.36. The van der Waals surface area contributed by atoms with Crippen LogP contribution in [0.3, 0.4) is 0 Å². The summed E-state index contributed by atoms with van der Waals surface area (Å²) in [6, 6.07) is 20.3. The topological polar surface area (TPSA) is 70.6 Å². The highest BCUT2D eigenvalue weighted by Gasteiger charge is 2.27. The van der Waals surface area contributed by atoms with E-state index < -0.39 is 10.0 Å². The van der Waals surface area contributed by atoms with Gasteiger partial charge in [-0.05, 0) is 73.7 Å². The molecule has 5 rings (SSSR count). The van der Waals surface area contributed by atoms with Crippen molar-refractivity contribution in [1.29, 1.82) is 0 Å². The Kier molecular flexibility index (Phi) is 7.42. The van der Waals surface area contributed by atoms with Crippen LogP contribution in [0, 0.1) is 13.8 Å². The number of amides is 1. The second kappa shape index (κ2) is 10.7. The van der Waals surface area contributed by atoms with Gasteiger partial charge < -0.3 is 0 Å². The molecule has 1 aliphatic rings. The van der Waals surface area contributed by atoms with Crippen LogP contribution in [-0.2, 0) is 16.6 Å². The van der Waals surface area contributed by atoms with Gasteiger partial charge in [-0.2, -0.15) is 4.31 Å². The second-order valence-corrected chi connectivity index (χ2v) is 12.6. The summed E-state index contributed by atoms with van der Waals surface area (Å²) in [4.78, 5) is 20.6. The molecule has 2 heterocycles. The van der Waals surface area contributed by atoms with E-state index in [1.54, 1.807) is 33.5 Å². The van der Waals surface area contributed by atoms with Gasteiger partial charge in [-0.3, -0.25) is 9.69 Å². The van der Waals surface area contributed by atoms with Gasteiger partial charge in [0.2, 0.25) is 10.0 Å². The highest BCUT2D eigenvalue weighted by molar-refractivity contribution is 7.89. The maximum atomic E-state index is 13.8. The molecule has 0 bridgehead atoms. The van der Waals surface area contributed by atoms with Gasteiger partial charge in [-0.25, -0.2) is 13.4 Å². The van der Waals surface area contributed by atoms with Crippen molar-refractivity contribution in [2.45, 2.75) is 51.0 Å². The third-order valence-corrected chi connectivity index (χ3v) is 9.91. The molecule has 0 aliphatic carbocycles. The van der Waals surface area contributed by atoms with E-state index in [-0.39, 0.29) is 10.8 Å². The van der Waals surface area contributed by atoms with Crippen molar-refractivity contribution in [1.82, 2.24) is 9.29 Å². The van der Waals surface area contributed by atoms with Crippen molar-refractivity contribution < 1.29 is 13.2 Å². The number of fused-ring (bicyclic) bond motifs is 1. The van der Waals surface area contributed by atoms with Gasteiger partial charge in [0.25, 0.3) is 5.91 Å². The number of hydrogen-bond acceptors (Lipinski definition) is 5. The summed E-state index contributed by atoms with van der Waals surface area (Å²) in [5, 5.41) is 0.624. The first-order valence-corrected chi connectivity index (χ1v) is 14.9. The molecule has 37 heavy (non-hydrogen) atoms. The number of sulfonamides is 1. The summed E-state index contributed by atoms with van der Waals surface area (Å²) in [7, 11) is -3.58. The number of rotatable bonds is 6. The van der Waals surface area contributed by atoms with E-state index in [0.717, 1.165) is 52.6 Å². The molecule has 1 fully saturated rings. The number of thiazole rings is 1. The van der Waals surface area contributed by atoms with Gasteiger partial charge in [-0.1, -0.05) is 60.6 Å². The van der Waals surface area contributed by atoms with Crippen LogP contribution in [0.1, 0.15) is 52.7 Å². The molecule has 0 N–H and O–H groups in total. The van der Waals surface area contributed by atoms with Crippen molar-refractivity contribution in [3.05, 3.63) is 89.0 Å². The molecule has 1 saturated heterocycles. The number of nitrogens with zero attached hydrogens (tertiary/aromatic N) is 3. The van der Waals surface area contributed by atoms with Crippen LogP contribution in [0.25, 0.3) is 10.2 Å². The molecule has 0 radical (unpaired) electrons. The van der Waals surface area contributed by atoms with Gasteiger partial charge in [0.05, 0.1) is 21.7 Å². The van der Waals surface area contributed by atoms with Gasteiger partial charge in [0.15, 0.2) is 5.13 Å². The zero-order chi connectivity index (χ0) is 26.0. The number of aromatic nitrogens is 1. The Morgan fingerprint density at radius 2 is 1.62 bits per heavy atom. The normalized spacial score (nSPS) is 15.0. The molecular weight excluding hydrogens is 502 g/mol. The minimum Gasteiger partial charge on any atom is -0.279 e. The lowest BCUT2D eigenvalue weighted by Gasteiger charge is -2.21. The van der Waals surface area contributed by atoms with Gasteiger partial charge in [0, 0.05) is 18.7 Å². The average molecular weight is 534 g/mol. The molecule has 0 atom stereocenters. The van der Waals surface area contributed by atoms with E-state index in [1.165, 1.54) is 11.3 Å². The lowest BCUT2D eigenvalue weighted by molar-refractivity contribution is 0.0985. The molecule has 1 aliphatic heterocycles. The summed E-state index contributed by atoms with van der Waals surface area (Å²) in [5.74, 6) is -0.212. The Labute approximate surface area is 222 Å². The van der Waals surface area contributed by atoms with Gasteiger partial charge >= 0.3 is 0 Å². The highest BCUT2D eigenvalue weighted by atomic mass is 32.2. The minimum absolute atomic E-state index is 0.212. The highest BCUT2D eigenvalue weighted by Crippen LogP contribution is 2.34. The molecule has 0 unspecified atom stereocenters. The Balaban J connectivity index is 1.47. The average Bonchev–Trinajstić information content (AvgIpc) is 3.12. The maximum absolute atomic E-state index is 13.8. The van der Waals surface area contributed by atoms with Crippen molar-refractivity contribution in [2.75, 3.05) is 18.0 Å². The van der Waals surface area contributed by atoms with Crippen molar-refractivity contribution in [3.8, 4) is 0 Å². The molecule has 4 aromatic rings. The van der Waals surface area contributed by atoms with Crippen LogP contribution in [0.5, 0.6) is 0 Å². The Morgan fingerprint density at radius 3 is 2.30 bits per heavy atom. The third kappa shape index (κ3) is 5.46. The summed E-state index contributed by atoms with van der Waals surface area (Å²) in [6.07, 6.45) is 3.87. The predicted octanol–water partition coefficient (Wildman–Crippen LogP) is 6.32. The van der Waals surface area contributed by atoms with Crippen LogP contribution in [0.2, 0.25) is 0 Å². The molecule has 1 amide bonds. The number of benzene rings is 3. The lowest BCUT2D eigenvalue weighted by Crippen LogP contribution is -2.32. The Bertz CT molecular complexity index is 1510. The van der Waals surface area contributed by atoms with Crippen LogP contribution in [0.4, 0.5) is 5.13 Å². The molecule has 1 aromatic heterocycles. The van der Waals surface area contributed by atoms with E-state index in [9.17, 15) is 13.2 Å². The molecule has 0 spiro atoms. The van der Waals surface area contributed by atoms with Crippen molar-refractivity contribution in [3.63, 3.8) is 0 Å². The summed E-state index contributed by atoms with van der Waals surface area (Å²) < 4.78 is 29.0. The van der Waals surface area contributed by atoms with E-state index in [4.69, 9.17) is 4.98 Å². The smallest absolute Gasteiger partial charge is 0.260 e. The van der Waals surface area contributed by atoms with E-state index >= 15 is 0 Å². The van der Waals surface area contributed by atoms with Crippen molar-refractivity contribution >= 4 is 42.6 Å². The quantitative estimate of drug-likeness (QED) is 0.291. The zero-order valence-corrected chi connectivity index (χ0v) is 22.8. The maximum Gasteiger partial charge on any atom is 0.260 e. The summed E-state index contributed by atoms with van der Waals surface area (Å²) >= 11 is 1.50. The second-order valence-electron chi connectivity index (χ2n) is 9.65. The number of anilines is 1. The van der Waals surface area contributed by atoms with Gasteiger partial charge in [0.1, 0.15) is 0 Å². The molecule has 0 saturated carbocycles. The van der Waals surface area contributed by atoms with E-state index in [1.807, 2.05) is 43.3 Å². The van der Waals surface area contributed by atoms with Crippen molar-refractivity contribution in [2.24, 2.45) is 0 Å². The molecule has 3 aromatic carbocycles. The summed E-state index contributed by atoms with van der Waals surface area (Å²) in [5.41, 5.74) is 4.56. The first-order valence-electron chi connectivity index (χ1n) is 12.7. The predicted molar refractivity (Wildman–Crippen MR) is 150 cm³/mol. The molecule has 6 nitrogen and oxygen atoms in total. The molecule has 192 valence electrons. The fourth-order valence-electron chi connectivity index (χ4n) is 4.83. The van der Waals surface area contributed by atoms with Gasteiger partial charge in [-0.15, -0.1) is 0 Å². The molecular formula is C29H31N3O3S2. The number of carbonyl (C=O) groups excluding carboxylic acids is 1. The Morgan fingerprint density at radius 1 is 0.946 bits per heavy atom. The van der Waals surface area contributed by atoms with Crippen LogP contribution in [0.15, 0.2) is 71.6 Å². The number of aryl methyl sites for hydroxylation is 2. The molecule has 8 heteroatoms. The minimum atomic E-state index is -3.58. The van der Waals surface area contributed by atoms with Crippen LogP contribution in [-0.4, -0.2) is 36.7 Å². The number of hydrogen-bond donors (Lipinski definition) is 0. The largest absolute Gasteiger partial charge is 0.279 e. The zero-order valence-electron chi connectivity index (χ0n) is 21.2. The third-order valence-electron chi connectivity index (χ3n) is 6.77.